The van der Waals surface area contributed by atoms with Crippen LogP contribution in [0.4, 0.5) is 8.78 Å². The number of halogens is 4. The Labute approximate surface area is 149 Å². The summed E-state index contributed by atoms with van der Waals surface area (Å²) >= 11 is 0. The minimum absolute atomic E-state index is 0. The van der Waals surface area contributed by atoms with E-state index in [1.165, 1.54) is 18.9 Å². The smallest absolute Gasteiger partial charge is 0.162 e. The molecule has 0 unspecified atom stereocenters. The second kappa shape index (κ2) is 11.8. The summed E-state index contributed by atoms with van der Waals surface area (Å²) in [6, 6.07) is 4.31. The van der Waals surface area contributed by atoms with Crippen molar-refractivity contribution in [1.29, 1.82) is 0 Å². The summed E-state index contributed by atoms with van der Waals surface area (Å²) < 4.78 is 31.2. The summed E-state index contributed by atoms with van der Waals surface area (Å²) in [4.78, 5) is 2.48. The molecule has 1 N–H and O–H groups in total. The molecule has 1 aromatic rings. The highest BCUT2D eigenvalue weighted by molar-refractivity contribution is 5.85. The zero-order valence-corrected chi connectivity index (χ0v) is 15.0. The third-order valence-corrected chi connectivity index (χ3v) is 4.02. The molecule has 1 aliphatic rings. The molecule has 1 aromatic carbocycles. The van der Waals surface area contributed by atoms with Crippen molar-refractivity contribution in [3.8, 4) is 5.75 Å². The maximum absolute atomic E-state index is 13.0. The lowest BCUT2D eigenvalue weighted by Gasteiger charge is -2.31. The van der Waals surface area contributed by atoms with Crippen LogP contribution < -0.4 is 10.1 Å². The first-order chi connectivity index (χ1) is 10.2. The average molecular weight is 371 g/mol. The monoisotopic (exact) mass is 370 g/mol. The van der Waals surface area contributed by atoms with Crippen LogP contribution in [-0.4, -0.2) is 44.2 Å². The van der Waals surface area contributed by atoms with E-state index in [1.54, 1.807) is 0 Å². The van der Waals surface area contributed by atoms with E-state index < -0.39 is 11.6 Å². The van der Waals surface area contributed by atoms with Gasteiger partial charge < -0.3 is 15.0 Å². The molecule has 0 bridgehead atoms. The second-order valence-electron chi connectivity index (χ2n) is 5.54. The van der Waals surface area contributed by atoms with E-state index in [-0.39, 0.29) is 24.8 Å². The topological polar surface area (TPSA) is 24.5 Å². The molecule has 134 valence electrons. The lowest BCUT2D eigenvalue weighted by Crippen LogP contribution is -2.41. The van der Waals surface area contributed by atoms with Crippen molar-refractivity contribution in [3.05, 3.63) is 29.8 Å². The fraction of sp³-hybridized carbons (Fsp3) is 0.625. The van der Waals surface area contributed by atoms with Crippen LogP contribution in [0.15, 0.2) is 18.2 Å². The Hall–Kier alpha value is -0.620. The zero-order chi connectivity index (χ0) is 15.1. The van der Waals surface area contributed by atoms with Crippen LogP contribution in [0.1, 0.15) is 25.7 Å². The fourth-order valence-corrected chi connectivity index (χ4v) is 2.64. The van der Waals surface area contributed by atoms with Crippen molar-refractivity contribution in [2.24, 2.45) is 0 Å². The number of nitrogens with one attached hydrogen (secondary N) is 1. The summed E-state index contributed by atoms with van der Waals surface area (Å²) in [6.07, 6.45) is 4.41. The first-order valence-corrected chi connectivity index (χ1v) is 7.66. The van der Waals surface area contributed by atoms with Gasteiger partial charge in [-0.3, -0.25) is 0 Å². The molecule has 23 heavy (non-hydrogen) atoms. The van der Waals surface area contributed by atoms with Crippen LogP contribution >= 0.6 is 24.8 Å². The number of hydrogen-bond donors (Lipinski definition) is 1. The predicted molar refractivity (Wildman–Crippen MR) is 94.1 cm³/mol. The maximum Gasteiger partial charge on any atom is 0.162 e. The summed E-state index contributed by atoms with van der Waals surface area (Å²) in [5.74, 6) is -1.31. The molecule has 0 amide bonds. The Morgan fingerprint density at radius 3 is 2.43 bits per heavy atom. The molecule has 2 rings (SSSR count). The van der Waals surface area contributed by atoms with Gasteiger partial charge in [0.25, 0.3) is 0 Å². The van der Waals surface area contributed by atoms with E-state index in [0.717, 1.165) is 44.6 Å². The number of piperidine rings is 1. The second-order valence-corrected chi connectivity index (χ2v) is 5.54. The third kappa shape index (κ3) is 7.66. The molecular weight excluding hydrogens is 345 g/mol. The van der Waals surface area contributed by atoms with Crippen molar-refractivity contribution >= 4 is 24.8 Å². The SMILES string of the molecule is CNC1CCN(CCCCOc2ccc(F)c(F)c2)CC1.Cl.Cl. The number of rotatable bonds is 7. The van der Waals surface area contributed by atoms with Gasteiger partial charge in [0.1, 0.15) is 5.75 Å². The molecule has 1 heterocycles. The summed E-state index contributed by atoms with van der Waals surface area (Å²) in [6.45, 7) is 3.92. The van der Waals surface area contributed by atoms with Gasteiger partial charge in [0.2, 0.25) is 0 Å². The fourth-order valence-electron chi connectivity index (χ4n) is 2.64. The number of hydrogen-bond acceptors (Lipinski definition) is 3. The molecule has 0 aromatic heterocycles. The lowest BCUT2D eigenvalue weighted by atomic mass is 10.1. The molecule has 0 saturated carbocycles. The Morgan fingerprint density at radius 1 is 1.13 bits per heavy atom. The number of unbranched alkanes of at least 4 members (excludes halogenated alkanes) is 1. The van der Waals surface area contributed by atoms with Gasteiger partial charge >= 0.3 is 0 Å². The number of likely N-dealkylation sites (tertiary alicyclic amines) is 1. The van der Waals surface area contributed by atoms with Crippen LogP contribution in [0.3, 0.4) is 0 Å². The molecule has 0 radical (unpaired) electrons. The Kier molecular flexibility index (Phi) is 11.5. The summed E-state index contributed by atoms with van der Waals surface area (Å²) in [5, 5.41) is 3.32. The van der Waals surface area contributed by atoms with Crippen LogP contribution in [-0.2, 0) is 0 Å². The lowest BCUT2D eigenvalue weighted by molar-refractivity contribution is 0.193. The molecule has 7 heteroatoms. The van der Waals surface area contributed by atoms with Gasteiger partial charge in [0.05, 0.1) is 6.61 Å². The Morgan fingerprint density at radius 2 is 1.83 bits per heavy atom. The molecule has 1 aliphatic heterocycles. The predicted octanol–water partition coefficient (Wildman–Crippen LogP) is 3.65. The van der Waals surface area contributed by atoms with Gasteiger partial charge in [-0.1, -0.05) is 0 Å². The molecule has 0 spiro atoms. The molecule has 0 aliphatic carbocycles. The summed E-state index contributed by atoms with van der Waals surface area (Å²) in [5.41, 5.74) is 0. The quantitative estimate of drug-likeness (QED) is 0.741. The van der Waals surface area contributed by atoms with Gasteiger partial charge in [-0.15, -0.1) is 24.8 Å². The third-order valence-electron chi connectivity index (χ3n) is 4.02. The molecule has 0 atom stereocenters. The highest BCUT2D eigenvalue weighted by atomic mass is 35.5. The molecule has 1 fully saturated rings. The van der Waals surface area contributed by atoms with Crippen molar-refractivity contribution in [2.45, 2.75) is 31.7 Å². The number of ether oxygens (including phenoxy) is 1. The zero-order valence-electron chi connectivity index (χ0n) is 13.4. The maximum atomic E-state index is 13.0. The van der Waals surface area contributed by atoms with Gasteiger partial charge in [0, 0.05) is 12.1 Å². The van der Waals surface area contributed by atoms with E-state index >= 15 is 0 Å². The average Bonchev–Trinajstić information content (AvgIpc) is 2.51. The standard InChI is InChI=1S/C16H24F2N2O.2ClH/c1-19-13-6-9-20(10-7-13)8-2-3-11-21-14-4-5-15(17)16(18)12-14;;/h4-5,12-13,19H,2-3,6-11H2,1H3;2*1H. The Balaban J connectivity index is 0.00000242. The van der Waals surface area contributed by atoms with Gasteiger partial charge in [0.15, 0.2) is 11.6 Å². The molecular formula is C16H26Cl2F2N2O. The van der Waals surface area contributed by atoms with Crippen LogP contribution in [0.2, 0.25) is 0 Å². The molecule has 1 saturated heterocycles. The van der Waals surface area contributed by atoms with E-state index in [4.69, 9.17) is 4.74 Å². The number of benzene rings is 1. The van der Waals surface area contributed by atoms with Crippen LogP contribution in [0, 0.1) is 11.6 Å². The van der Waals surface area contributed by atoms with Crippen molar-refractivity contribution in [2.75, 3.05) is 33.3 Å². The van der Waals surface area contributed by atoms with Gasteiger partial charge in [-0.05, 0) is 64.5 Å². The van der Waals surface area contributed by atoms with E-state index in [2.05, 4.69) is 10.2 Å². The van der Waals surface area contributed by atoms with Crippen molar-refractivity contribution in [1.82, 2.24) is 10.2 Å². The minimum atomic E-state index is -0.861. The summed E-state index contributed by atoms with van der Waals surface area (Å²) in [7, 11) is 2.02. The van der Waals surface area contributed by atoms with Gasteiger partial charge in [-0.25, -0.2) is 8.78 Å². The van der Waals surface area contributed by atoms with Crippen molar-refractivity contribution < 1.29 is 13.5 Å². The Bertz CT molecular complexity index is 444. The normalized spacial score (nSPS) is 15.6. The van der Waals surface area contributed by atoms with Crippen LogP contribution in [0.25, 0.3) is 0 Å². The largest absolute Gasteiger partial charge is 0.493 e. The van der Waals surface area contributed by atoms with Gasteiger partial charge in [-0.2, -0.15) is 0 Å². The van der Waals surface area contributed by atoms with E-state index in [0.29, 0.717) is 18.4 Å². The van der Waals surface area contributed by atoms with Crippen LogP contribution in [0.5, 0.6) is 5.75 Å². The minimum Gasteiger partial charge on any atom is -0.493 e. The van der Waals surface area contributed by atoms with E-state index in [1.807, 2.05) is 7.05 Å². The first-order valence-electron chi connectivity index (χ1n) is 7.66. The molecule has 3 nitrogen and oxygen atoms in total. The van der Waals surface area contributed by atoms with E-state index in [9.17, 15) is 8.78 Å². The highest BCUT2D eigenvalue weighted by Crippen LogP contribution is 2.16. The van der Waals surface area contributed by atoms with Crippen molar-refractivity contribution in [3.63, 3.8) is 0 Å². The highest BCUT2D eigenvalue weighted by Gasteiger charge is 2.16. The number of nitrogens with zero attached hydrogens (tertiary/aromatic N) is 1. The first kappa shape index (κ1) is 22.4.